The van der Waals surface area contributed by atoms with Crippen molar-refractivity contribution in [1.82, 2.24) is 15.6 Å². The Morgan fingerprint density at radius 3 is 2.70 bits per heavy atom. The minimum atomic E-state index is -0.811. The molecule has 8 heteroatoms. The molecule has 5 N–H and O–H groups in total. The fourth-order valence-corrected chi connectivity index (χ4v) is 1.67. The first-order chi connectivity index (χ1) is 9.63. The monoisotopic (exact) mass is 281 g/mol. The summed E-state index contributed by atoms with van der Waals surface area (Å²) in [5, 5.41) is 5.21. The molecule has 1 heterocycles. The van der Waals surface area contributed by atoms with Gasteiger partial charge >= 0.3 is 0 Å². The molecule has 20 heavy (non-hydrogen) atoms. The van der Waals surface area contributed by atoms with Crippen LogP contribution in [0.1, 0.15) is 23.2 Å². The lowest BCUT2D eigenvalue weighted by atomic mass is 10.2. The quantitative estimate of drug-likeness (QED) is 0.327. The Bertz CT molecular complexity index is 519. The van der Waals surface area contributed by atoms with Crippen molar-refractivity contribution in [2.45, 2.75) is 12.8 Å². The molecule has 0 aliphatic heterocycles. The number of nitrogen functional groups attached to an aromatic ring is 1. The van der Waals surface area contributed by atoms with Crippen LogP contribution in [0, 0.1) is 11.7 Å². The van der Waals surface area contributed by atoms with E-state index in [0.717, 1.165) is 12.8 Å². The van der Waals surface area contributed by atoms with Crippen LogP contribution in [0.25, 0.3) is 0 Å². The predicted octanol–water partition coefficient (Wildman–Crippen LogP) is -0.238. The van der Waals surface area contributed by atoms with Gasteiger partial charge in [-0.15, -0.1) is 0 Å². The highest BCUT2D eigenvalue weighted by atomic mass is 19.1. The van der Waals surface area contributed by atoms with Crippen LogP contribution in [0.2, 0.25) is 0 Å². The number of halogens is 1. The van der Waals surface area contributed by atoms with Gasteiger partial charge in [-0.1, -0.05) is 0 Å². The Hall–Kier alpha value is -2.22. The average molecular weight is 281 g/mol. The number of nitrogens with two attached hydrogens (primary N) is 1. The molecule has 1 fully saturated rings. The van der Waals surface area contributed by atoms with Gasteiger partial charge in [0.1, 0.15) is 0 Å². The van der Waals surface area contributed by atoms with Gasteiger partial charge in [-0.25, -0.2) is 15.2 Å². The van der Waals surface area contributed by atoms with E-state index in [-0.39, 0.29) is 29.8 Å². The Kier molecular flexibility index (Phi) is 4.46. The second-order valence-electron chi connectivity index (χ2n) is 4.49. The molecule has 7 nitrogen and oxygen atoms in total. The highest BCUT2D eigenvalue weighted by Gasteiger charge is 2.29. The van der Waals surface area contributed by atoms with Crippen molar-refractivity contribution in [3.8, 4) is 0 Å². The molecule has 108 valence electrons. The van der Waals surface area contributed by atoms with Gasteiger partial charge in [0.25, 0.3) is 5.91 Å². The summed E-state index contributed by atoms with van der Waals surface area (Å²) in [6.07, 6.45) is 3.13. The van der Waals surface area contributed by atoms with Crippen molar-refractivity contribution in [2.75, 3.05) is 18.5 Å². The Labute approximate surface area is 115 Å². The highest BCUT2D eigenvalue weighted by molar-refractivity contribution is 5.95. The van der Waals surface area contributed by atoms with E-state index in [1.165, 1.54) is 12.3 Å². The predicted molar refractivity (Wildman–Crippen MR) is 70.1 cm³/mol. The standard InChI is InChI=1S/C12H16FN5O2/c13-9-8(3-4-15-10(9)18-14)12(20)17-6-5-16-11(19)7-1-2-7/h3-4,7H,1-2,5-6,14H2,(H,15,18)(H,16,19)(H,17,20). The molecule has 0 unspecified atom stereocenters. The number of nitrogens with one attached hydrogen (secondary N) is 3. The summed E-state index contributed by atoms with van der Waals surface area (Å²) in [6, 6.07) is 1.26. The first kappa shape index (κ1) is 14.2. The lowest BCUT2D eigenvalue weighted by molar-refractivity contribution is -0.122. The Morgan fingerprint density at radius 2 is 2.05 bits per heavy atom. The highest BCUT2D eigenvalue weighted by Crippen LogP contribution is 2.28. The smallest absolute Gasteiger partial charge is 0.254 e. The molecule has 0 aromatic carbocycles. The van der Waals surface area contributed by atoms with Crippen LogP contribution >= 0.6 is 0 Å². The van der Waals surface area contributed by atoms with Crippen LogP contribution in [-0.2, 0) is 4.79 Å². The molecule has 1 saturated carbocycles. The van der Waals surface area contributed by atoms with E-state index in [1.54, 1.807) is 0 Å². The normalized spacial score (nSPS) is 13.7. The molecular weight excluding hydrogens is 265 g/mol. The average Bonchev–Trinajstić information content (AvgIpc) is 3.28. The summed E-state index contributed by atoms with van der Waals surface area (Å²) in [5.41, 5.74) is 1.92. The van der Waals surface area contributed by atoms with Crippen LogP contribution in [0.15, 0.2) is 12.3 Å². The van der Waals surface area contributed by atoms with Crippen molar-refractivity contribution in [3.63, 3.8) is 0 Å². The second kappa shape index (κ2) is 6.29. The maximum atomic E-state index is 13.7. The van der Waals surface area contributed by atoms with Gasteiger partial charge in [-0.3, -0.25) is 9.59 Å². The number of carbonyl (C=O) groups is 2. The number of nitrogens with zero attached hydrogens (tertiary/aromatic N) is 1. The maximum Gasteiger partial charge on any atom is 0.254 e. The van der Waals surface area contributed by atoms with Crippen LogP contribution in [0.4, 0.5) is 10.2 Å². The summed E-state index contributed by atoms with van der Waals surface area (Å²) in [7, 11) is 0. The summed E-state index contributed by atoms with van der Waals surface area (Å²) in [5.74, 6) is 3.62. The Morgan fingerprint density at radius 1 is 1.35 bits per heavy atom. The molecule has 2 rings (SSSR count). The van der Waals surface area contributed by atoms with E-state index < -0.39 is 11.7 Å². The topological polar surface area (TPSA) is 109 Å². The number of amides is 2. The van der Waals surface area contributed by atoms with Crippen molar-refractivity contribution >= 4 is 17.6 Å². The molecule has 0 bridgehead atoms. The van der Waals surface area contributed by atoms with Crippen molar-refractivity contribution < 1.29 is 14.0 Å². The molecule has 1 aliphatic carbocycles. The summed E-state index contributed by atoms with van der Waals surface area (Å²) in [4.78, 5) is 26.7. The zero-order valence-corrected chi connectivity index (χ0v) is 10.8. The molecule has 0 radical (unpaired) electrons. The van der Waals surface area contributed by atoms with Crippen LogP contribution in [0.5, 0.6) is 0 Å². The largest absolute Gasteiger partial charge is 0.354 e. The molecule has 0 spiro atoms. The van der Waals surface area contributed by atoms with Crippen molar-refractivity contribution in [2.24, 2.45) is 11.8 Å². The van der Waals surface area contributed by atoms with E-state index in [9.17, 15) is 14.0 Å². The Balaban J connectivity index is 1.80. The van der Waals surface area contributed by atoms with E-state index >= 15 is 0 Å². The zero-order chi connectivity index (χ0) is 14.5. The van der Waals surface area contributed by atoms with Crippen LogP contribution in [-0.4, -0.2) is 29.9 Å². The summed E-state index contributed by atoms with van der Waals surface area (Å²) >= 11 is 0. The number of aromatic nitrogens is 1. The van der Waals surface area contributed by atoms with Gasteiger partial charge in [0.05, 0.1) is 5.56 Å². The molecule has 1 aliphatic rings. The van der Waals surface area contributed by atoms with E-state index in [1.807, 2.05) is 0 Å². The number of carbonyl (C=O) groups excluding carboxylic acids is 2. The van der Waals surface area contributed by atoms with E-state index in [4.69, 9.17) is 5.84 Å². The zero-order valence-electron chi connectivity index (χ0n) is 10.8. The first-order valence-corrected chi connectivity index (χ1v) is 6.30. The number of rotatable bonds is 6. The second-order valence-corrected chi connectivity index (χ2v) is 4.49. The van der Waals surface area contributed by atoms with Gasteiger partial charge in [0, 0.05) is 25.2 Å². The maximum absolute atomic E-state index is 13.7. The molecule has 2 amide bonds. The number of hydrogen-bond acceptors (Lipinski definition) is 5. The molecule has 1 aromatic rings. The molecular formula is C12H16FN5O2. The summed E-state index contributed by atoms with van der Waals surface area (Å²) in [6.45, 7) is 0.542. The van der Waals surface area contributed by atoms with Crippen molar-refractivity contribution in [1.29, 1.82) is 0 Å². The first-order valence-electron chi connectivity index (χ1n) is 6.30. The van der Waals surface area contributed by atoms with Crippen LogP contribution in [0.3, 0.4) is 0 Å². The third-order valence-corrected chi connectivity index (χ3v) is 2.93. The van der Waals surface area contributed by atoms with Crippen molar-refractivity contribution in [3.05, 3.63) is 23.6 Å². The SMILES string of the molecule is NNc1nccc(C(=O)NCCNC(=O)C2CC2)c1F. The third-order valence-electron chi connectivity index (χ3n) is 2.93. The third kappa shape index (κ3) is 3.41. The molecule has 0 atom stereocenters. The van der Waals surface area contributed by atoms with Gasteiger partial charge in [0.15, 0.2) is 11.6 Å². The summed E-state index contributed by atoms with van der Waals surface area (Å²) < 4.78 is 13.7. The van der Waals surface area contributed by atoms with Gasteiger partial charge < -0.3 is 16.1 Å². The van der Waals surface area contributed by atoms with E-state index in [2.05, 4.69) is 21.0 Å². The fourth-order valence-electron chi connectivity index (χ4n) is 1.67. The van der Waals surface area contributed by atoms with Gasteiger partial charge in [-0.2, -0.15) is 0 Å². The van der Waals surface area contributed by atoms with E-state index in [0.29, 0.717) is 6.54 Å². The number of pyridine rings is 1. The van der Waals surface area contributed by atoms with Crippen LogP contribution < -0.4 is 21.9 Å². The number of hydrazine groups is 1. The molecule has 1 aromatic heterocycles. The minimum absolute atomic E-state index is 0.00367. The fraction of sp³-hybridized carbons (Fsp3) is 0.417. The number of hydrogen-bond donors (Lipinski definition) is 4. The lowest BCUT2D eigenvalue weighted by Crippen LogP contribution is -2.35. The minimum Gasteiger partial charge on any atom is -0.354 e. The van der Waals surface area contributed by atoms with Gasteiger partial charge in [-0.05, 0) is 18.9 Å². The van der Waals surface area contributed by atoms with Gasteiger partial charge in [0.2, 0.25) is 5.91 Å². The lowest BCUT2D eigenvalue weighted by Gasteiger charge is -2.08. The number of anilines is 1. The molecule has 0 saturated heterocycles.